The first kappa shape index (κ1) is 21.3. The third-order valence-electron chi connectivity index (χ3n) is 5.22. The Labute approximate surface area is 182 Å². The van der Waals surface area contributed by atoms with E-state index in [4.69, 9.17) is 18.9 Å². The maximum absolute atomic E-state index is 12.3. The van der Waals surface area contributed by atoms with Crippen molar-refractivity contribution in [3.8, 4) is 17.2 Å². The molecule has 4 rings (SSSR count). The van der Waals surface area contributed by atoms with Crippen LogP contribution in [0.15, 0.2) is 48.5 Å². The Balaban J connectivity index is 1.38. The number of fused-ring (bicyclic) bond motifs is 1. The monoisotopic (exact) mass is 443 g/mol. The summed E-state index contributed by atoms with van der Waals surface area (Å²) in [6.07, 6.45) is -0.449. The number of rotatable bonds is 8. The highest BCUT2D eigenvalue weighted by Gasteiger charge is 2.57. The topological polar surface area (TPSA) is 132 Å². The average Bonchev–Trinajstić information content (AvgIpc) is 3.34. The number of ether oxygens (including phenoxy) is 4. The van der Waals surface area contributed by atoms with Crippen LogP contribution in [-0.4, -0.2) is 64.2 Å². The van der Waals surface area contributed by atoms with Gasteiger partial charge >= 0.3 is 23.8 Å². The minimum absolute atomic E-state index is 0.0117. The molecule has 0 bridgehead atoms. The van der Waals surface area contributed by atoms with Gasteiger partial charge in [-0.25, -0.2) is 14.4 Å². The number of hydrogen-bond donors (Lipinski definition) is 2. The van der Waals surface area contributed by atoms with Crippen molar-refractivity contribution in [3.63, 3.8) is 0 Å². The highest BCUT2D eigenvalue weighted by atomic mass is 16.8. The van der Waals surface area contributed by atoms with Crippen molar-refractivity contribution in [2.24, 2.45) is 0 Å². The summed E-state index contributed by atoms with van der Waals surface area (Å²) in [6.45, 7) is 2.44. The maximum atomic E-state index is 12.3. The minimum Gasteiger partial charge on any atom is -0.490 e. The molecule has 2 aromatic rings. The number of nitrogens with zero attached hydrogens (tertiary/aromatic N) is 1. The van der Waals surface area contributed by atoms with E-state index in [1.165, 1.54) is 12.1 Å². The van der Waals surface area contributed by atoms with Crippen molar-refractivity contribution in [3.05, 3.63) is 54.1 Å². The van der Waals surface area contributed by atoms with Gasteiger partial charge in [0.2, 0.25) is 0 Å². The zero-order valence-corrected chi connectivity index (χ0v) is 17.1. The van der Waals surface area contributed by atoms with E-state index >= 15 is 0 Å². The van der Waals surface area contributed by atoms with Gasteiger partial charge in [0.25, 0.3) is 0 Å². The molecule has 10 heteroatoms. The second-order valence-electron chi connectivity index (χ2n) is 7.55. The number of amides is 1. The molecule has 1 amide bonds. The molecule has 2 aliphatic rings. The van der Waals surface area contributed by atoms with Gasteiger partial charge in [-0.2, -0.15) is 0 Å². The lowest BCUT2D eigenvalue weighted by Crippen LogP contribution is -2.54. The third kappa shape index (κ3) is 3.98. The van der Waals surface area contributed by atoms with Crippen LogP contribution in [0.3, 0.4) is 0 Å². The van der Waals surface area contributed by atoms with Crippen molar-refractivity contribution in [2.45, 2.75) is 31.3 Å². The van der Waals surface area contributed by atoms with Crippen LogP contribution in [-0.2, 0) is 20.7 Å². The molecule has 32 heavy (non-hydrogen) atoms. The first-order chi connectivity index (χ1) is 15.3. The normalized spacial score (nSPS) is 19.3. The predicted molar refractivity (Wildman–Crippen MR) is 108 cm³/mol. The lowest BCUT2D eigenvalue weighted by atomic mass is 10.1. The molecule has 0 saturated carbocycles. The van der Waals surface area contributed by atoms with Crippen LogP contribution in [0.25, 0.3) is 0 Å². The molecule has 0 unspecified atom stereocenters. The molecule has 0 spiro atoms. The Kier molecular flexibility index (Phi) is 5.52. The van der Waals surface area contributed by atoms with Crippen LogP contribution in [0, 0.1) is 0 Å². The van der Waals surface area contributed by atoms with Crippen molar-refractivity contribution >= 4 is 18.0 Å². The molecule has 0 radical (unpaired) electrons. The fraction of sp³-hybridized carbons (Fsp3) is 0.318. The van der Waals surface area contributed by atoms with Gasteiger partial charge in [0.05, 0.1) is 6.54 Å². The van der Waals surface area contributed by atoms with E-state index in [-0.39, 0.29) is 24.1 Å². The first-order valence-electron chi connectivity index (χ1n) is 9.91. The summed E-state index contributed by atoms with van der Waals surface area (Å²) in [6, 6.07) is 13.6. The van der Waals surface area contributed by atoms with E-state index in [0.29, 0.717) is 24.3 Å². The van der Waals surface area contributed by atoms with Crippen LogP contribution in [0.4, 0.5) is 4.79 Å². The summed E-state index contributed by atoms with van der Waals surface area (Å²) in [5, 5.41) is 18.5. The molecule has 2 atom stereocenters. The average molecular weight is 443 g/mol. The molecule has 0 aliphatic carbocycles. The molecule has 2 N–H and O–H groups in total. The first-order valence-corrected chi connectivity index (χ1v) is 9.91. The summed E-state index contributed by atoms with van der Waals surface area (Å²) < 4.78 is 21.2. The lowest BCUT2D eigenvalue weighted by molar-refractivity contribution is -0.194. The Morgan fingerprint density at radius 1 is 1.12 bits per heavy atom. The molecule has 2 heterocycles. The van der Waals surface area contributed by atoms with Gasteiger partial charge in [-0.3, -0.25) is 0 Å². The molecule has 0 aromatic heterocycles. The molecule has 2 aromatic carbocycles. The van der Waals surface area contributed by atoms with Crippen LogP contribution in [0.1, 0.15) is 12.5 Å². The second kappa shape index (κ2) is 8.29. The van der Waals surface area contributed by atoms with Crippen molar-refractivity contribution in [2.75, 3.05) is 13.2 Å². The largest absolute Gasteiger partial charge is 0.490 e. The Morgan fingerprint density at radius 2 is 1.81 bits per heavy atom. The molecule has 10 nitrogen and oxygen atoms in total. The van der Waals surface area contributed by atoms with Gasteiger partial charge in [-0.15, -0.1) is 0 Å². The lowest BCUT2D eigenvalue weighted by Gasteiger charge is -2.22. The number of benzene rings is 2. The molecular formula is C22H21NO9. The van der Waals surface area contributed by atoms with E-state index in [2.05, 4.69) is 0 Å². The van der Waals surface area contributed by atoms with E-state index in [1.807, 2.05) is 37.3 Å². The predicted octanol–water partition coefficient (Wildman–Crippen LogP) is 2.15. The Morgan fingerprint density at radius 3 is 2.50 bits per heavy atom. The highest BCUT2D eigenvalue weighted by molar-refractivity contribution is 6.01. The summed E-state index contributed by atoms with van der Waals surface area (Å²) in [5.74, 6) is -5.62. The van der Waals surface area contributed by atoms with Crippen molar-refractivity contribution < 1.29 is 43.5 Å². The summed E-state index contributed by atoms with van der Waals surface area (Å²) in [4.78, 5) is 36.7. The number of carboxylic acids is 2. The van der Waals surface area contributed by atoms with E-state index in [9.17, 15) is 24.6 Å². The second-order valence-corrected chi connectivity index (χ2v) is 7.55. The standard InChI is InChI=1S/C22H21NO9/c1-13(23-11-16(30-21(23)28)12-29-15-5-3-2-4-6-15)9-14-7-8-17-18(10-14)32-22(31-17,19(24)25)20(26)27/h2-8,10,13,16H,9,11-12H2,1H3,(H,24,25)(H,26,27)/t13-,16-/m0/s1. The smallest absolute Gasteiger partial charge is 0.453 e. The fourth-order valence-corrected chi connectivity index (χ4v) is 3.59. The SMILES string of the molecule is C[C@@H](Cc1ccc2c(c1)OC(C(=O)O)(C(=O)O)O2)N1C[C@@H](COc2ccccc2)OC1=O. The van der Waals surface area contributed by atoms with E-state index in [0.717, 1.165) is 0 Å². The summed E-state index contributed by atoms with van der Waals surface area (Å²) in [7, 11) is 0. The van der Waals surface area contributed by atoms with Crippen LogP contribution >= 0.6 is 0 Å². The molecular weight excluding hydrogens is 422 g/mol. The van der Waals surface area contributed by atoms with E-state index in [1.54, 1.807) is 11.0 Å². The molecule has 1 saturated heterocycles. The third-order valence-corrected chi connectivity index (χ3v) is 5.22. The van der Waals surface area contributed by atoms with Gasteiger partial charge in [0, 0.05) is 6.04 Å². The van der Waals surface area contributed by atoms with Crippen molar-refractivity contribution in [1.82, 2.24) is 4.90 Å². The van der Waals surface area contributed by atoms with Gasteiger partial charge in [-0.1, -0.05) is 24.3 Å². The Hall–Kier alpha value is -3.95. The summed E-state index contributed by atoms with van der Waals surface area (Å²) in [5.41, 5.74) is 0.711. The van der Waals surface area contributed by atoms with Crippen LogP contribution in [0.2, 0.25) is 0 Å². The number of carbonyl (C=O) groups excluding carboxylic acids is 1. The maximum Gasteiger partial charge on any atom is 0.453 e. The van der Waals surface area contributed by atoms with Gasteiger partial charge in [0.15, 0.2) is 17.6 Å². The van der Waals surface area contributed by atoms with E-state index < -0.39 is 29.9 Å². The number of carbonyl (C=O) groups is 3. The zero-order chi connectivity index (χ0) is 22.9. The number of aliphatic carboxylic acids is 2. The highest BCUT2D eigenvalue weighted by Crippen LogP contribution is 2.40. The van der Waals surface area contributed by atoms with Gasteiger partial charge in [0.1, 0.15) is 12.4 Å². The Bertz CT molecular complexity index is 1020. The molecule has 168 valence electrons. The zero-order valence-electron chi connectivity index (χ0n) is 17.1. The quantitative estimate of drug-likeness (QED) is 0.589. The summed E-state index contributed by atoms with van der Waals surface area (Å²) >= 11 is 0. The van der Waals surface area contributed by atoms with Gasteiger partial charge < -0.3 is 34.1 Å². The van der Waals surface area contributed by atoms with Crippen LogP contribution in [0.5, 0.6) is 17.2 Å². The van der Waals surface area contributed by atoms with Gasteiger partial charge in [-0.05, 0) is 43.2 Å². The number of hydrogen-bond acceptors (Lipinski definition) is 7. The van der Waals surface area contributed by atoms with Crippen molar-refractivity contribution in [1.29, 1.82) is 0 Å². The number of carboxylic acid groups (broad SMARTS) is 2. The number of cyclic esters (lactones) is 1. The molecule has 1 fully saturated rings. The fourth-order valence-electron chi connectivity index (χ4n) is 3.59. The van der Waals surface area contributed by atoms with Crippen LogP contribution < -0.4 is 14.2 Å². The number of para-hydroxylation sites is 1. The minimum atomic E-state index is -2.81. The molecule has 2 aliphatic heterocycles.